The molecule has 1 aromatic carbocycles. The number of carbonyl (C=O) groups is 1. The molecule has 0 aliphatic carbocycles. The third-order valence-corrected chi connectivity index (χ3v) is 8.59. The second-order valence-electron chi connectivity index (χ2n) is 9.08. The van der Waals surface area contributed by atoms with Crippen LogP contribution in [0.15, 0.2) is 36.5 Å². The zero-order valence-corrected chi connectivity index (χ0v) is 20.6. The topological polar surface area (TPSA) is 96.7 Å². The highest BCUT2D eigenvalue weighted by molar-refractivity contribution is 7.91. The minimum Gasteiger partial charge on any atom is -0.341 e. The number of nitrogens with zero attached hydrogens (tertiary/aromatic N) is 4. The number of carbonyl (C=O) groups excluding carboxylic acids is 1. The minimum atomic E-state index is -4.72. The van der Waals surface area contributed by atoms with E-state index in [4.69, 9.17) is 11.6 Å². The summed E-state index contributed by atoms with van der Waals surface area (Å²) in [6, 6.07) is 5.34. The van der Waals surface area contributed by atoms with E-state index in [1.165, 1.54) is 12.1 Å². The van der Waals surface area contributed by atoms with E-state index in [9.17, 15) is 26.4 Å². The van der Waals surface area contributed by atoms with Crippen LogP contribution in [0.5, 0.6) is 0 Å². The van der Waals surface area contributed by atoms with Crippen LogP contribution in [0.4, 0.5) is 24.5 Å². The lowest BCUT2D eigenvalue weighted by molar-refractivity contribution is -0.164. The first-order valence-electron chi connectivity index (χ1n) is 11.5. The number of hydrogen-bond acceptors (Lipinski definition) is 6. The highest BCUT2D eigenvalue weighted by atomic mass is 35.5. The Kier molecular flexibility index (Phi) is 6.36. The van der Waals surface area contributed by atoms with Gasteiger partial charge in [-0.2, -0.15) is 18.3 Å². The third-order valence-electron chi connectivity index (χ3n) is 6.69. The monoisotopic (exact) mass is 541 g/mol. The average Bonchev–Trinajstić information content (AvgIpc) is 3.22. The van der Waals surface area contributed by atoms with E-state index in [0.29, 0.717) is 23.0 Å². The summed E-state index contributed by atoms with van der Waals surface area (Å²) in [4.78, 5) is 18.9. The number of alkyl halides is 3. The fraction of sp³-hybridized carbons (Fsp3) is 0.435. The lowest BCUT2D eigenvalue weighted by atomic mass is 9.99. The van der Waals surface area contributed by atoms with E-state index in [1.807, 2.05) is 4.90 Å². The number of aryl methyl sites for hydroxylation is 1. The molecule has 13 heteroatoms. The van der Waals surface area contributed by atoms with Crippen molar-refractivity contribution in [1.82, 2.24) is 19.9 Å². The molecule has 1 atom stereocenters. The molecular weight excluding hydrogens is 519 g/mol. The highest BCUT2D eigenvalue weighted by Gasteiger charge is 2.43. The molecule has 0 bridgehead atoms. The summed E-state index contributed by atoms with van der Waals surface area (Å²) < 4.78 is 66.6. The average molecular weight is 542 g/mol. The van der Waals surface area contributed by atoms with Crippen LogP contribution in [0.25, 0.3) is 5.65 Å². The molecule has 1 N–H and O–H groups in total. The molecule has 0 radical (unpaired) electrons. The van der Waals surface area contributed by atoms with E-state index < -0.39 is 33.9 Å². The number of nitrogens with one attached hydrogen (secondary N) is 1. The zero-order valence-electron chi connectivity index (χ0n) is 19.0. The maximum absolute atomic E-state index is 13.9. The molecular formula is C23H23ClF3N5O3S. The molecule has 2 aliphatic rings. The van der Waals surface area contributed by atoms with Gasteiger partial charge in [0.25, 0.3) is 0 Å². The van der Waals surface area contributed by atoms with Gasteiger partial charge in [-0.1, -0.05) is 23.7 Å². The van der Waals surface area contributed by atoms with Gasteiger partial charge in [-0.15, -0.1) is 0 Å². The van der Waals surface area contributed by atoms with E-state index in [1.54, 1.807) is 28.9 Å². The van der Waals surface area contributed by atoms with Gasteiger partial charge in [0.15, 0.2) is 16.8 Å². The van der Waals surface area contributed by atoms with Gasteiger partial charge in [0.1, 0.15) is 9.84 Å². The second-order valence-corrected chi connectivity index (χ2v) is 11.8. The van der Waals surface area contributed by atoms with Crippen molar-refractivity contribution in [3.63, 3.8) is 0 Å². The Bertz CT molecular complexity index is 1390. The van der Waals surface area contributed by atoms with Crippen molar-refractivity contribution in [3.8, 4) is 0 Å². The van der Waals surface area contributed by atoms with Crippen molar-refractivity contribution in [2.45, 2.75) is 37.9 Å². The summed E-state index contributed by atoms with van der Waals surface area (Å²) >= 11 is 6.03. The van der Waals surface area contributed by atoms with Crippen LogP contribution >= 0.6 is 11.6 Å². The van der Waals surface area contributed by atoms with Crippen LogP contribution in [-0.2, 0) is 21.1 Å². The van der Waals surface area contributed by atoms with E-state index in [0.717, 1.165) is 24.2 Å². The van der Waals surface area contributed by atoms with Crippen molar-refractivity contribution < 1.29 is 26.4 Å². The van der Waals surface area contributed by atoms with Crippen molar-refractivity contribution in [2.75, 3.05) is 23.0 Å². The first-order valence-corrected chi connectivity index (χ1v) is 13.7. The summed E-state index contributed by atoms with van der Waals surface area (Å²) in [5, 5.41) is 6.71. The quantitative estimate of drug-likeness (QED) is 0.536. The number of halogens is 4. The molecule has 0 saturated carbocycles. The summed E-state index contributed by atoms with van der Waals surface area (Å²) in [5.41, 5.74) is 2.91. The summed E-state index contributed by atoms with van der Waals surface area (Å²) in [7, 11) is -3.23. The highest BCUT2D eigenvalue weighted by Crippen LogP contribution is 2.37. The zero-order chi connectivity index (χ0) is 25.7. The first kappa shape index (κ1) is 24.8. The predicted molar refractivity (Wildman–Crippen MR) is 128 cm³/mol. The molecule has 3 aromatic rings. The largest absolute Gasteiger partial charge is 0.412 e. The van der Waals surface area contributed by atoms with Gasteiger partial charge >= 0.3 is 6.18 Å². The van der Waals surface area contributed by atoms with Crippen LogP contribution < -0.4 is 10.2 Å². The van der Waals surface area contributed by atoms with E-state index in [2.05, 4.69) is 15.4 Å². The van der Waals surface area contributed by atoms with Gasteiger partial charge in [0.05, 0.1) is 29.1 Å². The molecule has 5 rings (SSSR count). The second kappa shape index (κ2) is 9.22. The molecule has 36 heavy (non-hydrogen) atoms. The SMILES string of the molecule is O=C(N[C@@H](c1ccc(N2CCCc3c2cnc2cc(Cl)nn32)cc1)C(F)(F)F)C1CCS(=O)(=O)CC1. The van der Waals surface area contributed by atoms with E-state index >= 15 is 0 Å². The van der Waals surface area contributed by atoms with Gasteiger partial charge < -0.3 is 10.2 Å². The number of benzene rings is 1. The molecule has 8 nitrogen and oxygen atoms in total. The summed E-state index contributed by atoms with van der Waals surface area (Å²) in [6.07, 6.45) is -1.40. The maximum Gasteiger partial charge on any atom is 0.412 e. The molecule has 192 valence electrons. The number of hydrogen-bond donors (Lipinski definition) is 1. The van der Waals surface area contributed by atoms with Gasteiger partial charge in [0.2, 0.25) is 5.91 Å². The molecule has 2 aromatic heterocycles. The fourth-order valence-corrected chi connectivity index (χ4v) is 6.47. The van der Waals surface area contributed by atoms with Crippen LogP contribution in [-0.4, -0.2) is 53.1 Å². The van der Waals surface area contributed by atoms with Crippen LogP contribution in [0.2, 0.25) is 5.15 Å². The van der Waals surface area contributed by atoms with Gasteiger partial charge in [-0.05, 0) is 43.4 Å². The molecule has 4 heterocycles. The summed E-state index contributed by atoms with van der Waals surface area (Å²) in [6.45, 7) is 0.651. The van der Waals surface area contributed by atoms with Crippen LogP contribution in [0.3, 0.4) is 0 Å². The number of amides is 1. The van der Waals surface area contributed by atoms with E-state index in [-0.39, 0.29) is 29.9 Å². The molecule has 1 fully saturated rings. The molecule has 2 aliphatic heterocycles. The summed E-state index contributed by atoms with van der Waals surface area (Å²) in [5.74, 6) is -1.93. The molecule has 0 spiro atoms. The Labute approximate surface area is 210 Å². The number of anilines is 2. The fourth-order valence-electron chi connectivity index (χ4n) is 4.81. The van der Waals surface area contributed by atoms with Crippen molar-refractivity contribution in [2.24, 2.45) is 5.92 Å². The standard InChI is InChI=1S/C23H23ClF3N5O3S/c24-19-12-20-28-13-18-17(32(20)30-19)2-1-9-31(18)16-5-3-14(4-6-16)21(23(25,26)27)29-22(33)15-7-10-36(34,35)11-8-15/h3-6,12-13,15,21H,1-2,7-11H2,(H,29,33)/t21-/m0/s1. The molecule has 1 saturated heterocycles. The number of rotatable bonds is 4. The Hall–Kier alpha value is -2.86. The Morgan fingerprint density at radius 3 is 2.53 bits per heavy atom. The first-order chi connectivity index (χ1) is 17.0. The number of sulfone groups is 1. The maximum atomic E-state index is 13.9. The third kappa shape index (κ3) is 4.88. The number of fused-ring (bicyclic) bond motifs is 3. The smallest absolute Gasteiger partial charge is 0.341 e. The van der Waals surface area contributed by atoms with Crippen LogP contribution in [0.1, 0.15) is 36.6 Å². The normalized spacial score (nSPS) is 19.2. The van der Waals surface area contributed by atoms with Crippen molar-refractivity contribution in [3.05, 3.63) is 52.9 Å². The Balaban J connectivity index is 1.38. The van der Waals surface area contributed by atoms with Crippen molar-refractivity contribution in [1.29, 1.82) is 0 Å². The minimum absolute atomic E-state index is 0.0226. The van der Waals surface area contributed by atoms with Crippen molar-refractivity contribution >= 4 is 44.4 Å². The lowest BCUT2D eigenvalue weighted by Crippen LogP contribution is -2.43. The molecule has 1 amide bonds. The van der Waals surface area contributed by atoms with Gasteiger partial charge in [-0.25, -0.2) is 17.9 Å². The Morgan fingerprint density at radius 1 is 1.17 bits per heavy atom. The van der Waals surface area contributed by atoms with Gasteiger partial charge in [-0.3, -0.25) is 4.79 Å². The lowest BCUT2D eigenvalue weighted by Gasteiger charge is -2.31. The molecule has 0 unspecified atom stereocenters. The Morgan fingerprint density at radius 2 is 1.86 bits per heavy atom. The number of aromatic nitrogens is 3. The van der Waals surface area contributed by atoms with Gasteiger partial charge in [0, 0.05) is 24.2 Å². The van der Waals surface area contributed by atoms with Crippen LogP contribution in [0, 0.1) is 5.92 Å². The predicted octanol–water partition coefficient (Wildman–Crippen LogP) is 4.01.